The summed E-state index contributed by atoms with van der Waals surface area (Å²) < 4.78 is 2.25. The number of hydrogen-bond donors (Lipinski definition) is 1. The quantitative estimate of drug-likeness (QED) is 0.509. The second-order valence-electron chi connectivity index (χ2n) is 9.23. The number of benzene rings is 3. The molecule has 2 aliphatic rings. The Balaban J connectivity index is 1.48. The minimum Gasteiger partial charge on any atom is -0.344 e. The third-order valence-corrected chi connectivity index (χ3v) is 7.33. The lowest BCUT2D eigenvalue weighted by molar-refractivity contribution is -0.118. The fraction of sp³-hybridized carbons (Fsp3) is 0.222. The van der Waals surface area contributed by atoms with Gasteiger partial charge < -0.3 is 14.8 Å². The van der Waals surface area contributed by atoms with Crippen LogP contribution in [0.5, 0.6) is 0 Å². The van der Waals surface area contributed by atoms with Crippen LogP contribution in [-0.2, 0) is 17.3 Å². The van der Waals surface area contributed by atoms with Crippen LogP contribution in [0, 0.1) is 0 Å². The highest BCUT2D eigenvalue weighted by Crippen LogP contribution is 2.52. The first kappa shape index (κ1) is 18.3. The van der Waals surface area contributed by atoms with Crippen LogP contribution in [0.1, 0.15) is 25.0 Å². The van der Waals surface area contributed by atoms with Gasteiger partial charge in [-0.1, -0.05) is 68.5 Å². The maximum Gasteiger partial charge on any atom is 0.241 e. The lowest BCUT2D eigenvalue weighted by Crippen LogP contribution is -2.58. The Kier molecular flexibility index (Phi) is 3.54. The molecule has 6 rings (SSSR count). The molecule has 0 spiro atoms. The van der Waals surface area contributed by atoms with Gasteiger partial charge in [0.25, 0.3) is 0 Å². The van der Waals surface area contributed by atoms with Crippen LogP contribution in [0.25, 0.3) is 27.9 Å². The predicted molar refractivity (Wildman–Crippen MR) is 127 cm³/mol. The van der Waals surface area contributed by atoms with E-state index in [1.165, 1.54) is 27.4 Å². The molecular formula is C27H25N3O. The average molecular weight is 408 g/mol. The molecule has 154 valence electrons. The summed E-state index contributed by atoms with van der Waals surface area (Å²) in [6.07, 6.45) is 4.34. The second kappa shape index (κ2) is 6.01. The molecule has 1 N–H and O–H groups in total. The molecular weight excluding hydrogens is 382 g/mol. The first-order chi connectivity index (χ1) is 14.9. The van der Waals surface area contributed by atoms with Crippen molar-refractivity contribution in [1.82, 2.24) is 9.88 Å². The van der Waals surface area contributed by atoms with Crippen LogP contribution in [0.3, 0.4) is 0 Å². The molecule has 0 bridgehead atoms. The van der Waals surface area contributed by atoms with Crippen LogP contribution in [-0.4, -0.2) is 22.7 Å². The van der Waals surface area contributed by atoms with Crippen molar-refractivity contribution in [2.24, 2.45) is 7.05 Å². The minimum absolute atomic E-state index is 0.0661. The molecule has 3 heterocycles. The number of aryl methyl sites for hydroxylation is 1. The highest BCUT2D eigenvalue weighted by Gasteiger charge is 2.59. The lowest BCUT2D eigenvalue weighted by Gasteiger charge is -2.40. The summed E-state index contributed by atoms with van der Waals surface area (Å²) in [6, 6.07) is 23.5. The van der Waals surface area contributed by atoms with Crippen LogP contribution in [0.4, 0.5) is 5.69 Å². The number of hydrogen-bond acceptors (Lipinski definition) is 2. The molecule has 1 unspecified atom stereocenters. The Morgan fingerprint density at radius 3 is 2.55 bits per heavy atom. The van der Waals surface area contributed by atoms with Gasteiger partial charge in [0.2, 0.25) is 5.91 Å². The number of carbonyl (C=O) groups excluding carboxylic acids is 1. The number of para-hydroxylation sites is 2. The molecule has 0 saturated carbocycles. The average Bonchev–Trinajstić information content (AvgIpc) is 3.33. The SMILES string of the molecule is Cn1c2ccccc2c2ccc(C=CC34NC(=O)CN3c3ccccc3C4(C)C)cc21. The van der Waals surface area contributed by atoms with Gasteiger partial charge in [-0.25, -0.2) is 0 Å². The topological polar surface area (TPSA) is 37.3 Å². The van der Waals surface area contributed by atoms with E-state index in [1.807, 2.05) is 6.07 Å². The molecule has 1 aromatic heterocycles. The van der Waals surface area contributed by atoms with Crippen molar-refractivity contribution in [3.05, 3.63) is 83.9 Å². The zero-order chi connectivity index (χ0) is 21.4. The Labute approximate surface area is 181 Å². The minimum atomic E-state index is -0.568. The Bertz CT molecular complexity index is 1410. The maximum atomic E-state index is 12.5. The van der Waals surface area contributed by atoms with Crippen LogP contribution in [0.15, 0.2) is 72.8 Å². The third kappa shape index (κ3) is 2.27. The molecule has 2 aliphatic heterocycles. The number of nitrogens with one attached hydrogen (secondary N) is 1. The fourth-order valence-electron chi connectivity index (χ4n) is 5.64. The smallest absolute Gasteiger partial charge is 0.241 e. The van der Waals surface area contributed by atoms with Crippen LogP contribution < -0.4 is 10.2 Å². The van der Waals surface area contributed by atoms with E-state index in [-0.39, 0.29) is 11.3 Å². The zero-order valence-electron chi connectivity index (χ0n) is 18.0. The standard InChI is InChI=1S/C27H25N3O/c1-26(2)21-9-5-7-11-23(21)30-17-25(31)28-27(26,30)15-14-18-12-13-20-19-8-4-6-10-22(19)29(3)24(20)16-18/h4-16H,17H2,1-3H3,(H,28,31). The van der Waals surface area contributed by atoms with E-state index in [4.69, 9.17) is 0 Å². The van der Waals surface area contributed by atoms with E-state index in [9.17, 15) is 4.79 Å². The molecule has 4 nitrogen and oxygen atoms in total. The van der Waals surface area contributed by atoms with Gasteiger partial charge in [0.15, 0.2) is 0 Å². The third-order valence-electron chi connectivity index (χ3n) is 7.33. The van der Waals surface area contributed by atoms with Crippen LogP contribution >= 0.6 is 0 Å². The van der Waals surface area contributed by atoms with Gasteiger partial charge >= 0.3 is 0 Å². The van der Waals surface area contributed by atoms with Gasteiger partial charge in [-0.3, -0.25) is 4.79 Å². The van der Waals surface area contributed by atoms with E-state index < -0.39 is 5.66 Å². The Hall–Kier alpha value is -3.53. The summed E-state index contributed by atoms with van der Waals surface area (Å²) in [5.74, 6) is 0.0661. The number of rotatable bonds is 2. The molecule has 31 heavy (non-hydrogen) atoms. The van der Waals surface area contributed by atoms with E-state index in [2.05, 4.69) is 108 Å². The first-order valence-corrected chi connectivity index (χ1v) is 10.8. The van der Waals surface area contributed by atoms with Crippen molar-refractivity contribution in [1.29, 1.82) is 0 Å². The normalized spacial score (nSPS) is 21.8. The molecule has 1 amide bonds. The molecule has 1 fully saturated rings. The van der Waals surface area contributed by atoms with Gasteiger partial charge in [0.05, 0.1) is 6.54 Å². The molecule has 1 atom stereocenters. The van der Waals surface area contributed by atoms with Gasteiger partial charge in [-0.2, -0.15) is 0 Å². The van der Waals surface area contributed by atoms with Crippen molar-refractivity contribution in [2.45, 2.75) is 24.9 Å². The van der Waals surface area contributed by atoms with Crippen molar-refractivity contribution >= 4 is 39.5 Å². The zero-order valence-corrected chi connectivity index (χ0v) is 18.0. The number of amides is 1. The van der Waals surface area contributed by atoms with Gasteiger partial charge in [0.1, 0.15) is 5.66 Å². The number of fused-ring (bicyclic) bond motifs is 6. The number of aromatic nitrogens is 1. The summed E-state index contributed by atoms with van der Waals surface area (Å²) in [5, 5.41) is 5.84. The van der Waals surface area contributed by atoms with E-state index in [0.29, 0.717) is 6.54 Å². The van der Waals surface area contributed by atoms with Crippen molar-refractivity contribution in [3.63, 3.8) is 0 Å². The lowest BCUT2D eigenvalue weighted by atomic mass is 9.75. The van der Waals surface area contributed by atoms with E-state index in [1.54, 1.807) is 0 Å². The predicted octanol–water partition coefficient (Wildman–Crippen LogP) is 4.97. The summed E-state index contributed by atoms with van der Waals surface area (Å²) >= 11 is 0. The van der Waals surface area contributed by atoms with Crippen molar-refractivity contribution < 1.29 is 4.79 Å². The number of nitrogens with zero attached hydrogens (tertiary/aromatic N) is 2. The highest BCUT2D eigenvalue weighted by atomic mass is 16.2. The Morgan fingerprint density at radius 1 is 0.935 bits per heavy atom. The summed E-state index contributed by atoms with van der Waals surface area (Å²) in [4.78, 5) is 14.7. The van der Waals surface area contributed by atoms with E-state index >= 15 is 0 Å². The first-order valence-electron chi connectivity index (χ1n) is 10.8. The number of carbonyl (C=O) groups is 1. The monoisotopic (exact) mass is 407 g/mol. The summed E-state index contributed by atoms with van der Waals surface area (Å²) in [6.45, 7) is 4.82. The largest absolute Gasteiger partial charge is 0.344 e. The molecule has 4 aromatic rings. The van der Waals surface area contributed by atoms with Crippen molar-refractivity contribution in [3.8, 4) is 0 Å². The second-order valence-corrected chi connectivity index (χ2v) is 9.23. The van der Waals surface area contributed by atoms with Gasteiger partial charge in [-0.15, -0.1) is 0 Å². The number of anilines is 1. The molecule has 0 aliphatic carbocycles. The fourth-order valence-corrected chi connectivity index (χ4v) is 5.64. The van der Waals surface area contributed by atoms with Crippen molar-refractivity contribution in [2.75, 3.05) is 11.4 Å². The summed E-state index contributed by atoms with van der Waals surface area (Å²) in [5.41, 5.74) is 5.16. The molecule has 3 aromatic carbocycles. The van der Waals surface area contributed by atoms with Crippen LogP contribution in [0.2, 0.25) is 0 Å². The summed E-state index contributed by atoms with van der Waals surface area (Å²) in [7, 11) is 2.12. The van der Waals surface area contributed by atoms with Gasteiger partial charge in [-0.05, 0) is 35.4 Å². The maximum absolute atomic E-state index is 12.5. The highest BCUT2D eigenvalue weighted by molar-refractivity contribution is 6.08. The van der Waals surface area contributed by atoms with Gasteiger partial charge in [0, 0.05) is 40.0 Å². The Morgan fingerprint density at radius 2 is 1.68 bits per heavy atom. The molecule has 1 saturated heterocycles. The van der Waals surface area contributed by atoms with E-state index in [0.717, 1.165) is 11.3 Å². The molecule has 0 radical (unpaired) electrons. The molecule has 4 heteroatoms.